The molecular formula is C21H37N2O+. The SMILES string of the molecule is CCCCCCCCCC/C(=N/O)c1ccc[n+](CCCCC)c1. The van der Waals surface area contributed by atoms with Crippen LogP contribution >= 0.6 is 0 Å². The lowest BCUT2D eigenvalue weighted by Gasteiger charge is -2.05. The molecule has 0 saturated carbocycles. The van der Waals surface area contributed by atoms with E-state index >= 15 is 0 Å². The first-order chi connectivity index (χ1) is 11.8. The van der Waals surface area contributed by atoms with Gasteiger partial charge >= 0.3 is 0 Å². The van der Waals surface area contributed by atoms with E-state index in [9.17, 15) is 5.21 Å². The third-order valence-corrected chi connectivity index (χ3v) is 4.60. The van der Waals surface area contributed by atoms with E-state index < -0.39 is 0 Å². The second kappa shape index (κ2) is 14.0. The number of nitrogens with zero attached hydrogens (tertiary/aromatic N) is 2. The molecule has 0 amide bonds. The molecule has 1 rings (SSSR count). The van der Waals surface area contributed by atoms with Crippen molar-refractivity contribution in [2.45, 2.75) is 97.4 Å². The molecule has 1 aromatic heterocycles. The summed E-state index contributed by atoms with van der Waals surface area (Å²) in [6.07, 6.45) is 19.2. The number of hydrogen-bond donors (Lipinski definition) is 1. The van der Waals surface area contributed by atoms with Crippen molar-refractivity contribution in [3.8, 4) is 0 Å². The third kappa shape index (κ3) is 9.05. The quantitative estimate of drug-likeness (QED) is 0.149. The Labute approximate surface area is 148 Å². The largest absolute Gasteiger partial charge is 0.411 e. The average Bonchev–Trinajstić information content (AvgIpc) is 2.61. The molecule has 0 radical (unpaired) electrons. The van der Waals surface area contributed by atoms with Crippen molar-refractivity contribution in [2.75, 3.05) is 0 Å². The van der Waals surface area contributed by atoms with Crippen molar-refractivity contribution in [1.29, 1.82) is 0 Å². The molecule has 0 fully saturated rings. The second-order valence-corrected chi connectivity index (χ2v) is 6.81. The number of aromatic nitrogens is 1. The topological polar surface area (TPSA) is 36.5 Å². The molecule has 24 heavy (non-hydrogen) atoms. The molecule has 0 spiro atoms. The predicted molar refractivity (Wildman–Crippen MR) is 102 cm³/mol. The summed E-state index contributed by atoms with van der Waals surface area (Å²) < 4.78 is 2.21. The summed E-state index contributed by atoms with van der Waals surface area (Å²) in [4.78, 5) is 0. The summed E-state index contributed by atoms with van der Waals surface area (Å²) in [6, 6.07) is 4.11. The van der Waals surface area contributed by atoms with Crippen LogP contribution in [0.15, 0.2) is 29.7 Å². The van der Waals surface area contributed by atoms with E-state index in [1.54, 1.807) is 0 Å². The fraction of sp³-hybridized carbons (Fsp3) is 0.714. The molecule has 0 aliphatic heterocycles. The third-order valence-electron chi connectivity index (χ3n) is 4.60. The molecule has 0 atom stereocenters. The Hall–Kier alpha value is -1.38. The van der Waals surface area contributed by atoms with Gasteiger partial charge < -0.3 is 5.21 Å². The monoisotopic (exact) mass is 333 g/mol. The van der Waals surface area contributed by atoms with Crippen LogP contribution in [0.25, 0.3) is 0 Å². The van der Waals surface area contributed by atoms with Gasteiger partial charge in [0, 0.05) is 12.5 Å². The van der Waals surface area contributed by atoms with E-state index in [2.05, 4.69) is 48.1 Å². The van der Waals surface area contributed by atoms with E-state index in [-0.39, 0.29) is 0 Å². The van der Waals surface area contributed by atoms with Crippen LogP contribution in [0.3, 0.4) is 0 Å². The smallest absolute Gasteiger partial charge is 0.178 e. The normalized spacial score (nSPS) is 11.8. The number of unbranched alkanes of at least 4 members (excludes halogenated alkanes) is 9. The van der Waals surface area contributed by atoms with Gasteiger partial charge in [-0.25, -0.2) is 4.57 Å². The van der Waals surface area contributed by atoms with Crippen LogP contribution in [0.5, 0.6) is 0 Å². The van der Waals surface area contributed by atoms with Crippen LogP contribution in [0.2, 0.25) is 0 Å². The van der Waals surface area contributed by atoms with Crippen LogP contribution in [0.4, 0.5) is 0 Å². The standard InChI is InChI=1S/C21H36N2O/c1-3-5-7-8-9-10-11-12-16-21(22-24)20-15-14-18-23(19-20)17-13-6-4-2/h14-15,18-19H,3-13,16-17H2,1-2H3/p+1/b22-21-. The van der Waals surface area contributed by atoms with E-state index in [4.69, 9.17) is 0 Å². The lowest BCUT2D eigenvalue weighted by atomic mass is 10.0. The summed E-state index contributed by atoms with van der Waals surface area (Å²) in [6.45, 7) is 5.52. The zero-order valence-corrected chi connectivity index (χ0v) is 15.8. The molecule has 0 unspecified atom stereocenters. The van der Waals surface area contributed by atoms with Crippen LogP contribution in [-0.4, -0.2) is 10.9 Å². The van der Waals surface area contributed by atoms with Gasteiger partial charge in [0.1, 0.15) is 6.54 Å². The van der Waals surface area contributed by atoms with Gasteiger partial charge in [0.15, 0.2) is 12.4 Å². The van der Waals surface area contributed by atoms with Crippen molar-refractivity contribution < 1.29 is 9.77 Å². The van der Waals surface area contributed by atoms with Crippen molar-refractivity contribution in [2.24, 2.45) is 5.16 Å². The van der Waals surface area contributed by atoms with E-state index in [0.29, 0.717) is 0 Å². The molecule has 0 bridgehead atoms. The average molecular weight is 334 g/mol. The van der Waals surface area contributed by atoms with Gasteiger partial charge in [0.2, 0.25) is 0 Å². The number of hydrogen-bond acceptors (Lipinski definition) is 2. The molecule has 0 aliphatic rings. The van der Waals surface area contributed by atoms with E-state index in [1.165, 1.54) is 64.2 Å². The van der Waals surface area contributed by atoms with Crippen molar-refractivity contribution in [3.05, 3.63) is 30.1 Å². The minimum absolute atomic E-state index is 0.825. The Kier molecular flexibility index (Phi) is 12.1. The molecule has 1 aromatic rings. The van der Waals surface area contributed by atoms with Crippen molar-refractivity contribution in [3.63, 3.8) is 0 Å². The Morgan fingerprint density at radius 1 is 0.917 bits per heavy atom. The maximum absolute atomic E-state index is 9.36. The van der Waals surface area contributed by atoms with Crippen molar-refractivity contribution in [1.82, 2.24) is 0 Å². The van der Waals surface area contributed by atoms with Crippen LogP contribution in [0, 0.1) is 0 Å². The Balaban J connectivity index is 2.31. The second-order valence-electron chi connectivity index (χ2n) is 6.81. The summed E-state index contributed by atoms with van der Waals surface area (Å²) in [5, 5.41) is 12.9. The Morgan fingerprint density at radius 2 is 1.54 bits per heavy atom. The Bertz CT molecular complexity index is 457. The van der Waals surface area contributed by atoms with Gasteiger partial charge in [-0.3, -0.25) is 0 Å². The molecule has 3 heteroatoms. The number of pyridine rings is 1. The summed E-state index contributed by atoms with van der Waals surface area (Å²) in [5.41, 5.74) is 1.88. The van der Waals surface area contributed by atoms with Gasteiger partial charge in [0.05, 0.1) is 11.3 Å². The summed E-state index contributed by atoms with van der Waals surface area (Å²) >= 11 is 0. The highest BCUT2D eigenvalue weighted by Crippen LogP contribution is 2.12. The highest BCUT2D eigenvalue weighted by molar-refractivity contribution is 5.99. The predicted octanol–water partition coefficient (Wildman–Crippen LogP) is 5.87. The summed E-state index contributed by atoms with van der Waals surface area (Å²) in [7, 11) is 0. The molecule has 0 aliphatic carbocycles. The minimum atomic E-state index is 0.825. The zero-order chi connectivity index (χ0) is 17.5. The zero-order valence-electron chi connectivity index (χ0n) is 15.8. The van der Waals surface area contributed by atoms with Crippen LogP contribution in [0.1, 0.15) is 96.5 Å². The van der Waals surface area contributed by atoms with Gasteiger partial charge in [-0.1, -0.05) is 70.4 Å². The van der Waals surface area contributed by atoms with E-state index in [1.807, 2.05) is 0 Å². The van der Waals surface area contributed by atoms with Gasteiger partial charge in [-0.15, -0.1) is 0 Å². The molecular weight excluding hydrogens is 296 g/mol. The van der Waals surface area contributed by atoms with E-state index in [0.717, 1.165) is 30.7 Å². The first kappa shape index (κ1) is 20.7. The van der Waals surface area contributed by atoms with Gasteiger partial charge in [-0.2, -0.15) is 0 Å². The van der Waals surface area contributed by atoms with Crippen molar-refractivity contribution >= 4 is 5.71 Å². The maximum atomic E-state index is 9.36. The number of aryl methyl sites for hydroxylation is 1. The highest BCUT2D eigenvalue weighted by Gasteiger charge is 2.09. The summed E-state index contributed by atoms with van der Waals surface area (Å²) in [5.74, 6) is 0. The molecule has 0 aromatic carbocycles. The highest BCUT2D eigenvalue weighted by atomic mass is 16.4. The van der Waals surface area contributed by atoms with Gasteiger partial charge in [0.25, 0.3) is 0 Å². The van der Waals surface area contributed by atoms with Crippen LogP contribution < -0.4 is 4.57 Å². The lowest BCUT2D eigenvalue weighted by Crippen LogP contribution is -2.33. The number of oxime groups is 1. The lowest BCUT2D eigenvalue weighted by molar-refractivity contribution is -0.697. The molecule has 1 N–H and O–H groups in total. The Morgan fingerprint density at radius 3 is 2.21 bits per heavy atom. The molecule has 0 saturated heterocycles. The first-order valence-electron chi connectivity index (χ1n) is 10.0. The molecule has 3 nitrogen and oxygen atoms in total. The molecule has 1 heterocycles. The minimum Gasteiger partial charge on any atom is -0.411 e. The maximum Gasteiger partial charge on any atom is 0.178 e. The fourth-order valence-electron chi connectivity index (χ4n) is 3.05. The fourth-order valence-corrected chi connectivity index (χ4v) is 3.05. The van der Waals surface area contributed by atoms with Gasteiger partial charge in [-0.05, 0) is 25.3 Å². The van der Waals surface area contributed by atoms with Crippen LogP contribution in [-0.2, 0) is 6.54 Å². The first-order valence-corrected chi connectivity index (χ1v) is 10.0. The number of rotatable bonds is 14. The molecule has 136 valence electrons.